The van der Waals surface area contributed by atoms with E-state index in [1.54, 1.807) is 0 Å². The Morgan fingerprint density at radius 1 is 0.532 bits per heavy atom. The summed E-state index contributed by atoms with van der Waals surface area (Å²) in [5.41, 5.74) is 8.23. The Labute approximate surface area is 275 Å². The molecule has 0 fully saturated rings. The van der Waals surface area contributed by atoms with Gasteiger partial charge in [-0.2, -0.15) is 0 Å². The van der Waals surface area contributed by atoms with E-state index in [1.807, 2.05) is 30.6 Å². The maximum atomic E-state index is 5.18. The molecule has 8 aromatic rings. The van der Waals surface area contributed by atoms with Crippen LogP contribution in [0.5, 0.6) is 0 Å². The maximum absolute atomic E-state index is 5.18. The first-order chi connectivity index (χ1) is 23.1. The van der Waals surface area contributed by atoms with Crippen molar-refractivity contribution in [2.24, 2.45) is 0 Å². The van der Waals surface area contributed by atoms with Gasteiger partial charge in [-0.05, 0) is 75.2 Å². The first-order valence-corrected chi connectivity index (χ1v) is 18.3. The zero-order valence-electron chi connectivity index (χ0n) is 26.4. The van der Waals surface area contributed by atoms with Crippen LogP contribution in [0.1, 0.15) is 25.0 Å². The number of aromatic nitrogens is 3. The van der Waals surface area contributed by atoms with Gasteiger partial charge in [0.05, 0.1) is 16.7 Å². The smallest absolute Gasteiger partial charge is 0.202 e. The van der Waals surface area contributed by atoms with Gasteiger partial charge in [-0.15, -0.1) is 0 Å². The Hall–Kier alpha value is -5.58. The summed E-state index contributed by atoms with van der Waals surface area (Å²) in [7, 11) is -2.84. The predicted octanol–water partition coefficient (Wildman–Crippen LogP) is 7.26. The third kappa shape index (κ3) is 3.98. The molecule has 0 bridgehead atoms. The van der Waals surface area contributed by atoms with Crippen molar-refractivity contribution in [2.75, 3.05) is 0 Å². The molecular formula is C43H33N3Si. The molecule has 4 heteroatoms. The fourth-order valence-corrected chi connectivity index (χ4v) is 13.5. The third-order valence-corrected chi connectivity index (χ3v) is 15.0. The maximum Gasteiger partial charge on any atom is 0.202 e. The van der Waals surface area contributed by atoms with E-state index in [1.165, 1.54) is 48.5 Å². The average Bonchev–Trinajstić information content (AvgIpc) is 3.47. The van der Waals surface area contributed by atoms with E-state index in [0.29, 0.717) is 0 Å². The van der Waals surface area contributed by atoms with Crippen molar-refractivity contribution in [3.05, 3.63) is 175 Å². The van der Waals surface area contributed by atoms with Crippen molar-refractivity contribution in [2.45, 2.75) is 19.3 Å². The molecule has 47 heavy (non-hydrogen) atoms. The highest BCUT2D eigenvalue weighted by Gasteiger charge is 2.51. The zero-order chi connectivity index (χ0) is 31.6. The van der Waals surface area contributed by atoms with Crippen LogP contribution < -0.4 is 20.9 Å². The lowest BCUT2D eigenvalue weighted by atomic mass is 9.77. The van der Waals surface area contributed by atoms with Crippen molar-refractivity contribution in [3.8, 4) is 16.9 Å². The lowest BCUT2D eigenvalue weighted by Gasteiger charge is -2.46. The van der Waals surface area contributed by atoms with Crippen molar-refractivity contribution in [1.29, 1.82) is 0 Å². The second-order valence-electron chi connectivity index (χ2n) is 13.0. The summed E-state index contributed by atoms with van der Waals surface area (Å²) in [6.45, 7) is 4.74. The van der Waals surface area contributed by atoms with Gasteiger partial charge in [0.25, 0.3) is 0 Å². The number of rotatable bonds is 4. The van der Waals surface area contributed by atoms with E-state index in [0.717, 1.165) is 22.3 Å². The molecule has 4 heterocycles. The molecule has 0 amide bonds. The fourth-order valence-electron chi connectivity index (χ4n) is 8.14. The van der Waals surface area contributed by atoms with E-state index >= 15 is 0 Å². The quantitative estimate of drug-likeness (QED) is 0.194. The summed E-state index contributed by atoms with van der Waals surface area (Å²) in [5.74, 6) is 0. The van der Waals surface area contributed by atoms with E-state index in [9.17, 15) is 0 Å². The predicted molar refractivity (Wildman–Crippen MR) is 198 cm³/mol. The molecule has 5 aromatic carbocycles. The van der Waals surface area contributed by atoms with Crippen LogP contribution in [0.2, 0.25) is 0 Å². The van der Waals surface area contributed by atoms with Crippen LogP contribution in [0.25, 0.3) is 38.8 Å². The first kappa shape index (κ1) is 27.7. The topological polar surface area (TPSA) is 30.7 Å². The molecule has 9 rings (SSSR count). The molecule has 0 atom stereocenters. The van der Waals surface area contributed by atoms with E-state index < -0.39 is 8.07 Å². The molecule has 3 aromatic heterocycles. The zero-order valence-corrected chi connectivity index (χ0v) is 27.4. The van der Waals surface area contributed by atoms with Crippen LogP contribution in [0.15, 0.2) is 164 Å². The van der Waals surface area contributed by atoms with Gasteiger partial charge in [-0.25, -0.2) is 0 Å². The SMILES string of the molecule is CC1(C)c2ccccc2[Si](c2cccc(-n3c4ccccc4c4ccc(-c5ccccn5)cc43)c2)(c2ccccn2)c2ccccc21. The Bertz CT molecular complexity index is 2390. The lowest BCUT2D eigenvalue weighted by molar-refractivity contribution is 0.645. The Morgan fingerprint density at radius 3 is 1.91 bits per heavy atom. The molecule has 0 saturated carbocycles. The van der Waals surface area contributed by atoms with E-state index in [-0.39, 0.29) is 5.41 Å². The molecule has 0 saturated heterocycles. The van der Waals surface area contributed by atoms with E-state index in [4.69, 9.17) is 4.98 Å². The van der Waals surface area contributed by atoms with Gasteiger partial charge < -0.3 is 4.57 Å². The second kappa shape index (κ2) is 10.5. The summed E-state index contributed by atoms with van der Waals surface area (Å²) in [5, 5.41) is 7.80. The van der Waals surface area contributed by atoms with Gasteiger partial charge in [0, 0.05) is 45.1 Å². The van der Waals surface area contributed by atoms with Crippen molar-refractivity contribution >= 4 is 50.8 Å². The Balaban J connectivity index is 1.37. The molecule has 3 nitrogen and oxygen atoms in total. The van der Waals surface area contributed by atoms with Crippen LogP contribution >= 0.6 is 0 Å². The molecule has 0 N–H and O–H groups in total. The largest absolute Gasteiger partial charge is 0.309 e. The van der Waals surface area contributed by atoms with Gasteiger partial charge in [0.2, 0.25) is 8.07 Å². The first-order valence-electron chi connectivity index (χ1n) is 16.3. The molecule has 224 valence electrons. The summed E-state index contributed by atoms with van der Waals surface area (Å²) in [6.07, 6.45) is 3.83. The molecular weight excluding hydrogens is 587 g/mol. The molecule has 1 aliphatic rings. The number of nitrogens with zero attached hydrogens (tertiary/aromatic N) is 3. The highest BCUT2D eigenvalue weighted by atomic mass is 28.3. The Kier molecular flexibility index (Phi) is 6.18. The molecule has 1 aliphatic heterocycles. The monoisotopic (exact) mass is 619 g/mol. The molecule has 0 unspecified atom stereocenters. The van der Waals surface area contributed by atoms with Gasteiger partial charge in [0.1, 0.15) is 0 Å². The van der Waals surface area contributed by atoms with E-state index in [2.05, 4.69) is 157 Å². The number of benzene rings is 5. The highest BCUT2D eigenvalue weighted by molar-refractivity contribution is 7.20. The van der Waals surface area contributed by atoms with Crippen molar-refractivity contribution in [3.63, 3.8) is 0 Å². The highest BCUT2D eigenvalue weighted by Crippen LogP contribution is 2.37. The van der Waals surface area contributed by atoms with Crippen LogP contribution in [0.3, 0.4) is 0 Å². The molecule has 0 spiro atoms. The van der Waals surface area contributed by atoms with Crippen LogP contribution in [-0.4, -0.2) is 22.6 Å². The second-order valence-corrected chi connectivity index (χ2v) is 16.7. The van der Waals surface area contributed by atoms with Crippen molar-refractivity contribution < 1.29 is 0 Å². The van der Waals surface area contributed by atoms with Crippen LogP contribution in [-0.2, 0) is 5.41 Å². The Morgan fingerprint density at radius 2 is 1.19 bits per heavy atom. The van der Waals surface area contributed by atoms with Crippen LogP contribution in [0.4, 0.5) is 0 Å². The van der Waals surface area contributed by atoms with Gasteiger partial charge >= 0.3 is 0 Å². The normalized spacial score (nSPS) is 14.5. The minimum atomic E-state index is -2.84. The van der Waals surface area contributed by atoms with Gasteiger partial charge in [-0.1, -0.05) is 117 Å². The molecule has 0 aliphatic carbocycles. The molecule has 0 radical (unpaired) electrons. The van der Waals surface area contributed by atoms with Crippen molar-refractivity contribution in [1.82, 2.24) is 14.5 Å². The number of hydrogen-bond donors (Lipinski definition) is 0. The summed E-state index contributed by atoms with van der Waals surface area (Å²) >= 11 is 0. The summed E-state index contributed by atoms with van der Waals surface area (Å²) < 4.78 is 2.44. The summed E-state index contributed by atoms with van der Waals surface area (Å²) in [6, 6.07) is 55.6. The minimum Gasteiger partial charge on any atom is -0.309 e. The third-order valence-electron chi connectivity index (χ3n) is 10.2. The van der Waals surface area contributed by atoms with Gasteiger partial charge in [0.15, 0.2) is 0 Å². The standard InChI is InChI=1S/C43H33N3Si/c1-43(2)35-17-4-7-21-40(35)47(42-23-10-12-27-45-42,41-22-8-5-18-36(41)43)32-15-13-14-31(29-32)46-38-20-6-3-16-33(38)34-25-24-30(28-39(34)46)37-19-9-11-26-44-37/h3-29H,1-2H3. The minimum absolute atomic E-state index is 0.134. The van der Waals surface area contributed by atoms with Crippen LogP contribution in [0, 0.1) is 0 Å². The number of fused-ring (bicyclic) bond motifs is 5. The number of hydrogen-bond acceptors (Lipinski definition) is 2. The van der Waals surface area contributed by atoms with Gasteiger partial charge in [-0.3, -0.25) is 9.97 Å². The summed E-state index contributed by atoms with van der Waals surface area (Å²) in [4.78, 5) is 9.86. The average molecular weight is 620 g/mol. The lowest BCUT2D eigenvalue weighted by Crippen LogP contribution is -2.79. The fraction of sp³-hybridized carbons (Fsp3) is 0.0698. The number of para-hydroxylation sites is 1. The number of pyridine rings is 2.